The lowest BCUT2D eigenvalue weighted by molar-refractivity contribution is -0.870. The second kappa shape index (κ2) is 53.8. The quantitative estimate of drug-likeness (QED) is 0.0212. The molecule has 0 aliphatic rings. The first-order valence-corrected chi connectivity index (χ1v) is 32.2. The molecule has 74 heavy (non-hydrogen) atoms. The largest absolute Gasteiger partial charge is 0.756 e. The van der Waals surface area contributed by atoms with Crippen molar-refractivity contribution in [1.29, 1.82) is 0 Å². The third-order valence-electron chi connectivity index (χ3n) is 13.4. The highest BCUT2D eigenvalue weighted by Gasteiger charge is 2.27. The zero-order chi connectivity index (χ0) is 54.3. The van der Waals surface area contributed by atoms with E-state index in [9.17, 15) is 19.0 Å². The summed E-state index contributed by atoms with van der Waals surface area (Å²) in [6, 6.07) is -0.899. The maximum absolute atomic E-state index is 13.5. The van der Waals surface area contributed by atoms with Crippen LogP contribution in [0.15, 0.2) is 72.9 Å². The number of phosphoric ester groups is 1. The van der Waals surface area contributed by atoms with E-state index in [-0.39, 0.29) is 24.9 Å². The van der Waals surface area contributed by atoms with E-state index in [1.165, 1.54) is 116 Å². The molecule has 0 aromatic carbocycles. The Bertz CT molecular complexity index is 1500. The minimum Gasteiger partial charge on any atom is -0.756 e. The van der Waals surface area contributed by atoms with Gasteiger partial charge in [-0.2, -0.15) is 0 Å². The number of esters is 1. The van der Waals surface area contributed by atoms with Gasteiger partial charge in [-0.05, 0) is 96.0 Å². The van der Waals surface area contributed by atoms with E-state index in [0.29, 0.717) is 17.4 Å². The summed E-state index contributed by atoms with van der Waals surface area (Å²) in [6.45, 7) is 6.70. The van der Waals surface area contributed by atoms with Gasteiger partial charge < -0.3 is 28.5 Å². The number of allylic oxidation sites excluding steroid dienone is 11. The van der Waals surface area contributed by atoms with Crippen molar-refractivity contribution in [2.75, 3.05) is 40.9 Å². The molecule has 0 heterocycles. The van der Waals surface area contributed by atoms with Crippen LogP contribution in [-0.2, 0) is 27.9 Å². The highest BCUT2D eigenvalue weighted by atomic mass is 31.2. The van der Waals surface area contributed by atoms with Crippen molar-refractivity contribution < 1.29 is 37.3 Å². The van der Waals surface area contributed by atoms with Gasteiger partial charge in [-0.25, -0.2) is 0 Å². The number of nitrogens with zero attached hydrogens (tertiary/aromatic N) is 1. The molecule has 0 radical (unpaired) electrons. The predicted molar refractivity (Wildman–Crippen MR) is 316 cm³/mol. The summed E-state index contributed by atoms with van der Waals surface area (Å²) in [5.74, 6) is -0.558. The Balaban J connectivity index is 5.31. The average molecular weight is 1060 g/mol. The Hall–Kier alpha value is -2.55. The Morgan fingerprint density at radius 1 is 0.486 bits per heavy atom. The number of amides is 1. The lowest BCUT2D eigenvalue weighted by atomic mass is 10.0. The van der Waals surface area contributed by atoms with E-state index >= 15 is 0 Å². The molecule has 9 nitrogen and oxygen atoms in total. The van der Waals surface area contributed by atoms with Crippen LogP contribution in [0.4, 0.5) is 0 Å². The molecule has 0 aliphatic carbocycles. The van der Waals surface area contributed by atoms with Crippen LogP contribution in [0.1, 0.15) is 271 Å². The van der Waals surface area contributed by atoms with Crippen molar-refractivity contribution in [2.45, 2.75) is 283 Å². The summed E-state index contributed by atoms with van der Waals surface area (Å²) in [6.07, 6.45) is 68.6. The van der Waals surface area contributed by atoms with Crippen molar-refractivity contribution in [1.82, 2.24) is 5.32 Å². The molecule has 0 saturated heterocycles. The zero-order valence-electron chi connectivity index (χ0n) is 49.0. The molecular weight excluding hydrogens is 940 g/mol. The maximum Gasteiger partial charge on any atom is 0.306 e. The molecule has 430 valence electrons. The number of ether oxygens (including phenoxy) is 1. The van der Waals surface area contributed by atoms with Crippen LogP contribution < -0.4 is 10.2 Å². The number of nitrogens with one attached hydrogen (secondary N) is 1. The number of rotatable bonds is 55. The monoisotopic (exact) mass is 1060 g/mol. The van der Waals surface area contributed by atoms with Crippen LogP contribution in [0.2, 0.25) is 0 Å². The average Bonchev–Trinajstić information content (AvgIpc) is 3.36. The molecule has 1 N–H and O–H groups in total. The molecule has 0 spiro atoms. The summed E-state index contributed by atoms with van der Waals surface area (Å²) in [7, 11) is 1.17. The highest BCUT2D eigenvalue weighted by Crippen LogP contribution is 2.38. The fourth-order valence-corrected chi connectivity index (χ4v) is 9.35. The third kappa shape index (κ3) is 54.2. The summed E-state index contributed by atoms with van der Waals surface area (Å²) in [5.41, 5.74) is 0. The van der Waals surface area contributed by atoms with Crippen molar-refractivity contribution in [3.63, 3.8) is 0 Å². The minimum absolute atomic E-state index is 0.0279. The number of unbranched alkanes of at least 4 members (excludes halogenated alkanes) is 29. The predicted octanol–water partition coefficient (Wildman–Crippen LogP) is 18.2. The number of hydrogen-bond acceptors (Lipinski definition) is 7. The van der Waals surface area contributed by atoms with Gasteiger partial charge in [0.2, 0.25) is 5.91 Å². The minimum atomic E-state index is -4.70. The van der Waals surface area contributed by atoms with Crippen LogP contribution >= 0.6 is 7.82 Å². The molecule has 1 amide bonds. The van der Waals surface area contributed by atoms with E-state index in [1.807, 2.05) is 33.3 Å². The molecule has 3 unspecified atom stereocenters. The van der Waals surface area contributed by atoms with Crippen molar-refractivity contribution in [3.05, 3.63) is 72.9 Å². The van der Waals surface area contributed by atoms with Gasteiger partial charge in [0.25, 0.3) is 7.82 Å². The molecule has 0 aromatic heterocycles. The first-order valence-electron chi connectivity index (χ1n) is 30.7. The smallest absolute Gasteiger partial charge is 0.306 e. The SMILES string of the molecule is CC/C=C/C/C=C/C/C=C/CCCCCCCCC(=O)NC(COP(=O)([O-])OCC[N+](C)(C)C)C(/C=C/CCCCCCCCCCCCC)OC(=O)CCCCCCCCCCC/C=C\C/C=C\CCCCC. The Morgan fingerprint density at radius 2 is 0.865 bits per heavy atom. The van der Waals surface area contributed by atoms with Crippen LogP contribution in [0.3, 0.4) is 0 Å². The third-order valence-corrected chi connectivity index (χ3v) is 14.3. The standard InChI is InChI=1S/C64H117N2O7P/c1-7-10-13-16-19-22-25-28-30-32-33-34-36-39-42-45-48-51-54-57-64(68)73-62(55-52-49-46-43-40-37-27-24-21-18-15-12-9-3)61(60-72-74(69,70)71-59-58-66(4,5)6)65-63(67)56-53-50-47-44-41-38-35-31-29-26-23-20-17-14-11-8-2/h11,14,19-20,22-23,28-31,52,55,61-62H,7-10,12-13,15-18,21,24-27,32-51,53-54,56-60H2,1-6H3,(H-,65,67,69,70)/b14-11+,22-19-,23-20+,30-28-,31-29+,55-52+. The first-order chi connectivity index (χ1) is 35.9. The van der Waals surface area contributed by atoms with Gasteiger partial charge in [0, 0.05) is 12.8 Å². The second-order valence-electron chi connectivity index (χ2n) is 21.8. The van der Waals surface area contributed by atoms with Crippen LogP contribution in [0.25, 0.3) is 0 Å². The number of quaternary nitrogens is 1. The normalized spacial score (nSPS) is 14.2. The van der Waals surface area contributed by atoms with Gasteiger partial charge in [-0.1, -0.05) is 235 Å². The van der Waals surface area contributed by atoms with Gasteiger partial charge >= 0.3 is 5.97 Å². The highest BCUT2D eigenvalue weighted by molar-refractivity contribution is 7.45. The van der Waals surface area contributed by atoms with Crippen molar-refractivity contribution in [3.8, 4) is 0 Å². The van der Waals surface area contributed by atoms with Crippen molar-refractivity contribution in [2.24, 2.45) is 0 Å². The Morgan fingerprint density at radius 3 is 1.32 bits per heavy atom. The molecule has 0 saturated carbocycles. The zero-order valence-corrected chi connectivity index (χ0v) is 49.9. The fraction of sp³-hybridized carbons (Fsp3) is 0.781. The van der Waals surface area contributed by atoms with Crippen LogP contribution in [-0.4, -0.2) is 69.4 Å². The molecule has 0 fully saturated rings. The van der Waals surface area contributed by atoms with E-state index in [4.69, 9.17) is 13.8 Å². The van der Waals surface area contributed by atoms with Gasteiger partial charge in [-0.15, -0.1) is 0 Å². The van der Waals surface area contributed by atoms with E-state index in [0.717, 1.165) is 122 Å². The lowest BCUT2D eigenvalue weighted by Gasteiger charge is -2.30. The first kappa shape index (κ1) is 71.5. The molecule has 3 atom stereocenters. The van der Waals surface area contributed by atoms with E-state index in [1.54, 1.807) is 0 Å². The summed E-state index contributed by atoms with van der Waals surface area (Å²) in [5, 5.41) is 3.02. The summed E-state index contributed by atoms with van der Waals surface area (Å²) >= 11 is 0. The number of likely N-dealkylation sites (N-methyl/N-ethyl adjacent to an activating group) is 1. The number of phosphoric acid groups is 1. The van der Waals surface area contributed by atoms with Crippen LogP contribution in [0.5, 0.6) is 0 Å². The Labute approximate surface area is 457 Å². The van der Waals surface area contributed by atoms with E-state index in [2.05, 4.69) is 86.8 Å². The van der Waals surface area contributed by atoms with Gasteiger partial charge in [0.15, 0.2) is 0 Å². The van der Waals surface area contributed by atoms with Gasteiger partial charge in [-0.3, -0.25) is 14.2 Å². The molecule has 0 bridgehead atoms. The summed E-state index contributed by atoms with van der Waals surface area (Å²) < 4.78 is 30.3. The number of carbonyl (C=O) groups is 2. The topological polar surface area (TPSA) is 114 Å². The number of carbonyl (C=O) groups excluding carboxylic acids is 2. The number of hydrogen-bond donors (Lipinski definition) is 1. The fourth-order valence-electron chi connectivity index (χ4n) is 8.63. The maximum atomic E-state index is 13.5. The molecule has 0 rings (SSSR count). The van der Waals surface area contributed by atoms with E-state index < -0.39 is 26.6 Å². The van der Waals surface area contributed by atoms with Crippen LogP contribution in [0, 0.1) is 0 Å². The molecule has 0 aliphatic heterocycles. The molecule has 10 heteroatoms. The summed E-state index contributed by atoms with van der Waals surface area (Å²) in [4.78, 5) is 40.0. The van der Waals surface area contributed by atoms with Gasteiger partial charge in [0.05, 0.1) is 33.8 Å². The lowest BCUT2D eigenvalue weighted by Crippen LogP contribution is -2.47. The Kier molecular flexibility index (Phi) is 52.0. The van der Waals surface area contributed by atoms with Crippen molar-refractivity contribution >= 4 is 19.7 Å². The second-order valence-corrected chi connectivity index (χ2v) is 23.2. The molecule has 0 aromatic rings. The van der Waals surface area contributed by atoms with Gasteiger partial charge in [0.1, 0.15) is 19.3 Å². The molecular formula is C64H117N2O7P.